The van der Waals surface area contributed by atoms with Crippen LogP contribution >= 0.6 is 0 Å². The number of nitrogens with one attached hydrogen (secondary N) is 1. The van der Waals surface area contributed by atoms with Crippen molar-refractivity contribution in [3.8, 4) is 0 Å². The number of alkyl halides is 3. The summed E-state index contributed by atoms with van der Waals surface area (Å²) in [4.78, 5) is 12.9. The number of hydrogen-bond acceptors (Lipinski definition) is 1. The smallest absolute Gasteiger partial charge is 0.389 e. The molecule has 1 atom stereocenters. The summed E-state index contributed by atoms with van der Waals surface area (Å²) < 4.78 is 36.1. The van der Waals surface area contributed by atoms with Crippen LogP contribution in [-0.4, -0.2) is 22.2 Å². The Bertz CT molecular complexity index is 356. The molecule has 3 nitrogen and oxygen atoms in total. The summed E-state index contributed by atoms with van der Waals surface area (Å²) in [6, 6.07) is 2.62. The number of H-pyrrole nitrogens is 1. The minimum atomic E-state index is -4.24. The van der Waals surface area contributed by atoms with Crippen LogP contribution in [0.2, 0.25) is 0 Å². The number of carboxylic acids is 1. The van der Waals surface area contributed by atoms with Crippen LogP contribution in [0.4, 0.5) is 13.2 Å². The lowest BCUT2D eigenvalue weighted by molar-refractivity contribution is -0.138. The Kier molecular flexibility index (Phi) is 3.06. The van der Waals surface area contributed by atoms with Gasteiger partial charge in [-0.15, -0.1) is 0 Å². The predicted molar refractivity (Wildman–Crippen MR) is 46.8 cm³/mol. The first kappa shape index (κ1) is 11.6. The van der Waals surface area contributed by atoms with E-state index < -0.39 is 24.5 Å². The van der Waals surface area contributed by atoms with E-state index in [-0.39, 0.29) is 11.4 Å². The van der Waals surface area contributed by atoms with Crippen LogP contribution in [0.5, 0.6) is 0 Å². The Labute approximate surface area is 83.9 Å². The van der Waals surface area contributed by atoms with Crippen LogP contribution in [0.15, 0.2) is 12.1 Å². The summed E-state index contributed by atoms with van der Waals surface area (Å²) in [7, 11) is 0. The predicted octanol–water partition coefficient (Wildman–Crippen LogP) is 2.77. The number of aromatic carboxylic acids is 1. The number of rotatable bonds is 3. The second-order valence-electron chi connectivity index (χ2n) is 3.35. The Morgan fingerprint density at radius 3 is 2.53 bits per heavy atom. The quantitative estimate of drug-likeness (QED) is 0.824. The van der Waals surface area contributed by atoms with Gasteiger partial charge in [-0.25, -0.2) is 4.79 Å². The molecule has 1 aromatic rings. The summed E-state index contributed by atoms with van der Waals surface area (Å²) in [6.45, 7) is 1.39. The second-order valence-corrected chi connectivity index (χ2v) is 3.35. The third-order valence-corrected chi connectivity index (χ3v) is 2.01. The van der Waals surface area contributed by atoms with Gasteiger partial charge in [0.05, 0.1) is 6.42 Å². The first-order valence-electron chi connectivity index (χ1n) is 4.28. The van der Waals surface area contributed by atoms with Gasteiger partial charge in [-0.2, -0.15) is 13.2 Å². The fourth-order valence-electron chi connectivity index (χ4n) is 1.28. The molecule has 2 N–H and O–H groups in total. The minimum Gasteiger partial charge on any atom is -0.477 e. The molecule has 0 bridgehead atoms. The average Bonchev–Trinajstić information content (AvgIpc) is 2.47. The van der Waals surface area contributed by atoms with E-state index in [0.717, 1.165) is 0 Å². The minimum absolute atomic E-state index is 0.0981. The largest absolute Gasteiger partial charge is 0.477 e. The molecule has 1 rings (SSSR count). The van der Waals surface area contributed by atoms with E-state index in [9.17, 15) is 18.0 Å². The maximum atomic E-state index is 12.0. The Hall–Kier alpha value is -1.46. The van der Waals surface area contributed by atoms with Crippen molar-refractivity contribution < 1.29 is 23.1 Å². The standard InChI is InChI=1S/C9H10F3NO2/c1-5(4-9(10,11)12)6-2-3-7(13-6)8(14)15/h2-3,5,13H,4H2,1H3,(H,14,15). The highest BCUT2D eigenvalue weighted by molar-refractivity contribution is 5.85. The van der Waals surface area contributed by atoms with E-state index in [2.05, 4.69) is 4.98 Å². The Morgan fingerprint density at radius 1 is 1.53 bits per heavy atom. The first-order chi connectivity index (χ1) is 6.79. The maximum absolute atomic E-state index is 12.0. The average molecular weight is 221 g/mol. The van der Waals surface area contributed by atoms with E-state index in [0.29, 0.717) is 0 Å². The van der Waals surface area contributed by atoms with Gasteiger partial charge in [-0.3, -0.25) is 0 Å². The van der Waals surface area contributed by atoms with Crippen LogP contribution in [0, 0.1) is 0 Å². The molecule has 0 radical (unpaired) electrons. The van der Waals surface area contributed by atoms with Gasteiger partial charge in [-0.05, 0) is 12.1 Å². The molecule has 0 saturated heterocycles. The van der Waals surface area contributed by atoms with E-state index in [4.69, 9.17) is 5.11 Å². The van der Waals surface area contributed by atoms with E-state index >= 15 is 0 Å². The molecule has 1 unspecified atom stereocenters. The number of aromatic nitrogens is 1. The first-order valence-corrected chi connectivity index (χ1v) is 4.28. The maximum Gasteiger partial charge on any atom is 0.389 e. The highest BCUT2D eigenvalue weighted by Crippen LogP contribution is 2.30. The van der Waals surface area contributed by atoms with Crippen molar-refractivity contribution in [1.82, 2.24) is 4.98 Å². The van der Waals surface area contributed by atoms with Crippen LogP contribution < -0.4 is 0 Å². The summed E-state index contributed by atoms with van der Waals surface area (Å²) >= 11 is 0. The molecule has 0 amide bonds. The molecule has 0 aliphatic heterocycles. The molecule has 0 aliphatic rings. The highest BCUT2D eigenvalue weighted by atomic mass is 19.4. The van der Waals surface area contributed by atoms with Gasteiger partial charge in [0.15, 0.2) is 0 Å². The fourth-order valence-corrected chi connectivity index (χ4v) is 1.28. The van der Waals surface area contributed by atoms with Crippen molar-refractivity contribution >= 4 is 5.97 Å². The number of carbonyl (C=O) groups is 1. The second kappa shape index (κ2) is 3.96. The van der Waals surface area contributed by atoms with Gasteiger partial charge in [0, 0.05) is 11.6 Å². The lowest BCUT2D eigenvalue weighted by Crippen LogP contribution is -2.12. The van der Waals surface area contributed by atoms with Crippen molar-refractivity contribution in [1.29, 1.82) is 0 Å². The zero-order chi connectivity index (χ0) is 11.6. The third kappa shape index (κ3) is 3.30. The van der Waals surface area contributed by atoms with E-state index in [1.807, 2.05) is 0 Å². The van der Waals surface area contributed by atoms with Gasteiger partial charge < -0.3 is 10.1 Å². The third-order valence-electron chi connectivity index (χ3n) is 2.01. The zero-order valence-electron chi connectivity index (χ0n) is 7.93. The van der Waals surface area contributed by atoms with Crippen molar-refractivity contribution in [2.45, 2.75) is 25.4 Å². The monoisotopic (exact) mass is 221 g/mol. The summed E-state index contributed by atoms with van der Waals surface area (Å²) in [6.07, 6.45) is -5.21. The van der Waals surface area contributed by atoms with Crippen LogP contribution in [0.3, 0.4) is 0 Å². The zero-order valence-corrected chi connectivity index (χ0v) is 7.93. The summed E-state index contributed by atoms with van der Waals surface area (Å²) in [5.74, 6) is -1.95. The molecule has 1 aromatic heterocycles. The molecule has 1 heterocycles. The molecule has 0 aromatic carbocycles. The number of hydrogen-bond donors (Lipinski definition) is 2. The van der Waals surface area contributed by atoms with Crippen molar-refractivity contribution in [3.05, 3.63) is 23.5 Å². The summed E-state index contributed by atoms with van der Waals surface area (Å²) in [5.41, 5.74) is 0.184. The van der Waals surface area contributed by atoms with Crippen molar-refractivity contribution in [2.75, 3.05) is 0 Å². The number of carboxylic acid groups (broad SMARTS) is 1. The molecule has 0 aliphatic carbocycles. The lowest BCUT2D eigenvalue weighted by Gasteiger charge is -2.12. The molecular formula is C9H10F3NO2. The Morgan fingerprint density at radius 2 is 2.13 bits per heavy atom. The molecule has 6 heteroatoms. The normalized spacial score (nSPS) is 13.9. The molecule has 0 spiro atoms. The number of halogens is 3. The molecular weight excluding hydrogens is 211 g/mol. The fraction of sp³-hybridized carbons (Fsp3) is 0.444. The van der Waals surface area contributed by atoms with E-state index in [1.165, 1.54) is 19.1 Å². The van der Waals surface area contributed by atoms with Gasteiger partial charge in [0.2, 0.25) is 0 Å². The van der Waals surface area contributed by atoms with Crippen LogP contribution in [0.25, 0.3) is 0 Å². The lowest BCUT2D eigenvalue weighted by atomic mass is 10.0. The van der Waals surface area contributed by atoms with Crippen molar-refractivity contribution in [3.63, 3.8) is 0 Å². The molecule has 0 saturated carbocycles. The van der Waals surface area contributed by atoms with Crippen LogP contribution in [0.1, 0.15) is 35.4 Å². The number of aromatic amines is 1. The molecule has 15 heavy (non-hydrogen) atoms. The molecule has 0 fully saturated rings. The summed E-state index contributed by atoms with van der Waals surface area (Å²) in [5, 5.41) is 8.56. The van der Waals surface area contributed by atoms with Gasteiger partial charge in [0.1, 0.15) is 5.69 Å². The van der Waals surface area contributed by atoms with Gasteiger partial charge in [-0.1, -0.05) is 6.92 Å². The van der Waals surface area contributed by atoms with E-state index in [1.54, 1.807) is 0 Å². The van der Waals surface area contributed by atoms with Gasteiger partial charge >= 0.3 is 12.1 Å². The SMILES string of the molecule is CC(CC(F)(F)F)c1ccc(C(=O)O)[nH]1. The molecule has 84 valence electrons. The Balaban J connectivity index is 2.74. The highest BCUT2D eigenvalue weighted by Gasteiger charge is 2.31. The van der Waals surface area contributed by atoms with Gasteiger partial charge in [0.25, 0.3) is 0 Å². The van der Waals surface area contributed by atoms with Crippen LogP contribution in [-0.2, 0) is 0 Å². The van der Waals surface area contributed by atoms with Crippen molar-refractivity contribution in [2.24, 2.45) is 0 Å². The topological polar surface area (TPSA) is 53.1 Å².